The van der Waals surface area contributed by atoms with Gasteiger partial charge < -0.3 is 25.0 Å². The van der Waals surface area contributed by atoms with E-state index in [4.69, 9.17) is 4.74 Å². The van der Waals surface area contributed by atoms with E-state index < -0.39 is 6.10 Å². The standard InChI is InChI=1S/C24H36N4O3.HI/c1-5-25-24(26-14-6-7-15-28-19(4)10-8-13-23(28)30)27-17-22(29)20-11-9-12-21(16-20)31-18(2)3;/h8-13,16,18,22,29H,5-7,14-15,17H2,1-4H3,(H2,25,26,27);1H. The number of aromatic nitrogens is 1. The molecule has 0 saturated heterocycles. The van der Waals surface area contributed by atoms with Crippen LogP contribution < -0.4 is 20.9 Å². The lowest BCUT2D eigenvalue weighted by atomic mass is 10.1. The van der Waals surface area contributed by atoms with Crippen LogP contribution in [-0.4, -0.2) is 41.4 Å². The molecule has 2 aromatic rings. The van der Waals surface area contributed by atoms with Crippen LogP contribution in [0.2, 0.25) is 0 Å². The van der Waals surface area contributed by atoms with Crippen molar-refractivity contribution >= 4 is 29.9 Å². The maximum atomic E-state index is 11.9. The van der Waals surface area contributed by atoms with Crippen molar-refractivity contribution in [1.29, 1.82) is 0 Å². The number of hydrogen-bond donors (Lipinski definition) is 3. The maximum absolute atomic E-state index is 11.9. The predicted molar refractivity (Wildman–Crippen MR) is 141 cm³/mol. The summed E-state index contributed by atoms with van der Waals surface area (Å²) in [5, 5.41) is 17.0. The second kappa shape index (κ2) is 14.9. The molecule has 32 heavy (non-hydrogen) atoms. The summed E-state index contributed by atoms with van der Waals surface area (Å²) < 4.78 is 7.50. The minimum atomic E-state index is -0.709. The second-order valence-corrected chi connectivity index (χ2v) is 7.77. The molecule has 1 unspecified atom stereocenters. The fourth-order valence-electron chi connectivity index (χ4n) is 3.20. The first-order valence-electron chi connectivity index (χ1n) is 11.0. The first kappa shape index (κ1) is 28.0. The predicted octanol–water partition coefficient (Wildman–Crippen LogP) is 3.63. The summed E-state index contributed by atoms with van der Waals surface area (Å²) in [5.74, 6) is 1.41. The smallest absolute Gasteiger partial charge is 0.250 e. The van der Waals surface area contributed by atoms with Crippen LogP contribution >= 0.6 is 24.0 Å². The Hall–Kier alpha value is -2.07. The van der Waals surface area contributed by atoms with Gasteiger partial charge in [0, 0.05) is 31.4 Å². The van der Waals surface area contributed by atoms with Crippen molar-refractivity contribution in [3.63, 3.8) is 0 Å². The Morgan fingerprint density at radius 1 is 1.16 bits per heavy atom. The summed E-state index contributed by atoms with van der Waals surface area (Å²) in [6.07, 6.45) is 1.17. The van der Waals surface area contributed by atoms with E-state index in [0.29, 0.717) is 12.5 Å². The highest BCUT2D eigenvalue weighted by Crippen LogP contribution is 2.20. The lowest BCUT2D eigenvalue weighted by molar-refractivity contribution is 0.185. The Kier molecular flexibility index (Phi) is 13.0. The van der Waals surface area contributed by atoms with Crippen LogP contribution in [0.4, 0.5) is 0 Å². The summed E-state index contributed by atoms with van der Waals surface area (Å²) in [7, 11) is 0. The number of aliphatic hydroxyl groups is 1. The molecule has 0 saturated carbocycles. The molecule has 3 N–H and O–H groups in total. The number of rotatable bonds is 11. The molecule has 1 aromatic carbocycles. The number of guanidine groups is 1. The summed E-state index contributed by atoms with van der Waals surface area (Å²) in [5.41, 5.74) is 1.80. The third-order valence-electron chi connectivity index (χ3n) is 4.75. The average Bonchev–Trinajstić information content (AvgIpc) is 2.73. The van der Waals surface area contributed by atoms with E-state index in [1.807, 2.05) is 58.0 Å². The van der Waals surface area contributed by atoms with Gasteiger partial charge in [-0.15, -0.1) is 24.0 Å². The van der Waals surface area contributed by atoms with Gasteiger partial charge in [-0.25, -0.2) is 0 Å². The van der Waals surface area contributed by atoms with Gasteiger partial charge in [0.1, 0.15) is 5.75 Å². The molecule has 0 spiro atoms. The van der Waals surface area contributed by atoms with E-state index in [1.54, 1.807) is 16.7 Å². The molecule has 1 heterocycles. The average molecular weight is 556 g/mol. The van der Waals surface area contributed by atoms with Gasteiger partial charge in [0.15, 0.2) is 5.96 Å². The number of unbranched alkanes of at least 4 members (excludes halogenated alkanes) is 1. The molecule has 0 bridgehead atoms. The molecular formula is C24H37IN4O3. The van der Waals surface area contributed by atoms with Crippen LogP contribution in [0.5, 0.6) is 5.75 Å². The van der Waals surface area contributed by atoms with Crippen molar-refractivity contribution in [3.8, 4) is 5.75 Å². The number of pyridine rings is 1. The number of benzene rings is 1. The third kappa shape index (κ3) is 9.60. The molecule has 1 atom stereocenters. The van der Waals surface area contributed by atoms with Gasteiger partial charge in [-0.2, -0.15) is 0 Å². The summed E-state index contributed by atoms with van der Waals surface area (Å²) in [6.45, 7) is 10.3. The van der Waals surface area contributed by atoms with Gasteiger partial charge in [0.25, 0.3) is 5.56 Å². The van der Waals surface area contributed by atoms with E-state index in [9.17, 15) is 9.90 Å². The molecular weight excluding hydrogens is 519 g/mol. The van der Waals surface area contributed by atoms with E-state index in [2.05, 4.69) is 15.6 Å². The first-order valence-corrected chi connectivity index (χ1v) is 11.0. The Balaban J connectivity index is 0.00000512. The van der Waals surface area contributed by atoms with Crippen molar-refractivity contribution in [2.75, 3.05) is 19.6 Å². The number of nitrogens with zero attached hydrogens (tertiary/aromatic N) is 2. The molecule has 178 valence electrons. The number of nitrogens with one attached hydrogen (secondary N) is 2. The van der Waals surface area contributed by atoms with E-state index in [1.165, 1.54) is 0 Å². The number of halogens is 1. The summed E-state index contributed by atoms with van der Waals surface area (Å²) in [4.78, 5) is 16.4. The lowest BCUT2D eigenvalue weighted by Crippen LogP contribution is -2.38. The molecule has 0 fully saturated rings. The fourth-order valence-corrected chi connectivity index (χ4v) is 3.20. The lowest BCUT2D eigenvalue weighted by Gasteiger charge is -2.15. The van der Waals surface area contributed by atoms with Gasteiger partial charge in [-0.05, 0) is 64.3 Å². The molecule has 0 amide bonds. The monoisotopic (exact) mass is 556 g/mol. The summed E-state index contributed by atoms with van der Waals surface area (Å²) >= 11 is 0. The van der Waals surface area contributed by atoms with Crippen LogP contribution in [0.25, 0.3) is 0 Å². The second-order valence-electron chi connectivity index (χ2n) is 7.77. The quantitative estimate of drug-likeness (QED) is 0.170. The van der Waals surface area contributed by atoms with Crippen molar-refractivity contribution in [2.45, 2.75) is 59.3 Å². The van der Waals surface area contributed by atoms with Crippen LogP contribution in [-0.2, 0) is 6.54 Å². The Morgan fingerprint density at radius 3 is 2.59 bits per heavy atom. The topological polar surface area (TPSA) is 87.9 Å². The number of hydrogen-bond acceptors (Lipinski definition) is 4. The Bertz CT molecular complexity index is 899. The van der Waals surface area contributed by atoms with Crippen LogP contribution in [0.1, 0.15) is 51.0 Å². The molecule has 7 nitrogen and oxygen atoms in total. The highest BCUT2D eigenvalue weighted by molar-refractivity contribution is 14.0. The Labute approximate surface area is 208 Å². The normalized spacial score (nSPS) is 12.2. The van der Waals surface area contributed by atoms with Crippen molar-refractivity contribution in [2.24, 2.45) is 4.99 Å². The SMILES string of the molecule is CCNC(=NCC(O)c1cccc(OC(C)C)c1)NCCCCn1c(C)cccc1=O.I. The van der Waals surface area contributed by atoms with Gasteiger partial charge >= 0.3 is 0 Å². The molecule has 8 heteroatoms. The molecule has 2 rings (SSSR count). The van der Waals surface area contributed by atoms with Crippen molar-refractivity contribution < 1.29 is 9.84 Å². The van der Waals surface area contributed by atoms with Gasteiger partial charge in [-0.3, -0.25) is 9.79 Å². The van der Waals surface area contributed by atoms with E-state index >= 15 is 0 Å². The molecule has 0 aliphatic carbocycles. The molecule has 1 aromatic heterocycles. The number of aliphatic hydroxyl groups excluding tert-OH is 1. The Morgan fingerprint density at radius 2 is 1.91 bits per heavy atom. The number of aryl methyl sites for hydroxylation is 1. The highest BCUT2D eigenvalue weighted by Gasteiger charge is 2.09. The fraction of sp³-hybridized carbons (Fsp3) is 0.500. The van der Waals surface area contributed by atoms with Crippen molar-refractivity contribution in [3.05, 3.63) is 64.1 Å². The zero-order valence-corrected chi connectivity index (χ0v) is 21.8. The van der Waals surface area contributed by atoms with Crippen molar-refractivity contribution in [1.82, 2.24) is 15.2 Å². The zero-order valence-electron chi connectivity index (χ0n) is 19.5. The van der Waals surface area contributed by atoms with E-state index in [0.717, 1.165) is 42.9 Å². The summed E-state index contributed by atoms with van der Waals surface area (Å²) in [6, 6.07) is 12.8. The van der Waals surface area contributed by atoms with Gasteiger partial charge in [0.05, 0.1) is 18.8 Å². The minimum absolute atomic E-state index is 0. The number of ether oxygens (including phenoxy) is 1. The molecule has 0 aliphatic rings. The molecule has 0 aliphatic heterocycles. The zero-order chi connectivity index (χ0) is 22.6. The van der Waals surface area contributed by atoms with Gasteiger partial charge in [-0.1, -0.05) is 18.2 Å². The van der Waals surface area contributed by atoms with Crippen LogP contribution in [0, 0.1) is 6.92 Å². The maximum Gasteiger partial charge on any atom is 0.250 e. The largest absolute Gasteiger partial charge is 0.491 e. The highest BCUT2D eigenvalue weighted by atomic mass is 127. The minimum Gasteiger partial charge on any atom is -0.491 e. The van der Waals surface area contributed by atoms with E-state index in [-0.39, 0.29) is 42.2 Å². The van der Waals surface area contributed by atoms with Crippen LogP contribution in [0.3, 0.4) is 0 Å². The van der Waals surface area contributed by atoms with Crippen LogP contribution in [0.15, 0.2) is 52.3 Å². The third-order valence-corrected chi connectivity index (χ3v) is 4.75. The number of aliphatic imine (C=N–C) groups is 1. The molecule has 0 radical (unpaired) electrons. The van der Waals surface area contributed by atoms with Gasteiger partial charge in [0.2, 0.25) is 0 Å². The first-order chi connectivity index (χ1) is 14.9.